The third-order valence-electron chi connectivity index (χ3n) is 3.82. The van der Waals surface area contributed by atoms with Gasteiger partial charge in [0.05, 0.1) is 22.2 Å². The van der Waals surface area contributed by atoms with Crippen LogP contribution in [0.4, 0.5) is 23.7 Å². The molecule has 2 aromatic rings. The fourth-order valence-corrected chi connectivity index (χ4v) is 3.24. The Morgan fingerprint density at radius 3 is 2.45 bits per heavy atom. The minimum atomic E-state index is -1.75. The topological polar surface area (TPSA) is 90.3 Å². The lowest BCUT2D eigenvalue weighted by Crippen LogP contribution is -2.36. The summed E-state index contributed by atoms with van der Waals surface area (Å²) in [7, 11) is 0. The first kappa shape index (κ1) is 20.2. The molecule has 0 aliphatic carbocycles. The summed E-state index contributed by atoms with van der Waals surface area (Å²) in [5.41, 5.74) is 0.383. The quantitative estimate of drug-likeness (QED) is 0.606. The highest BCUT2D eigenvalue weighted by molar-refractivity contribution is 8.18. The smallest absolute Gasteiger partial charge is 0.294 e. The lowest BCUT2D eigenvalue weighted by molar-refractivity contribution is -0.127. The number of rotatable bonds is 4. The lowest BCUT2D eigenvalue weighted by atomic mass is 10.1. The van der Waals surface area contributed by atoms with Crippen LogP contribution in [-0.4, -0.2) is 28.5 Å². The van der Waals surface area contributed by atoms with Gasteiger partial charge >= 0.3 is 0 Å². The third kappa shape index (κ3) is 4.30. The zero-order valence-corrected chi connectivity index (χ0v) is 15.2. The molecule has 0 bridgehead atoms. The van der Waals surface area contributed by atoms with Gasteiger partial charge in [-0.25, -0.2) is 13.2 Å². The molecule has 6 nitrogen and oxygen atoms in total. The van der Waals surface area contributed by atoms with Crippen molar-refractivity contribution in [1.82, 2.24) is 4.90 Å². The predicted octanol–water partition coefficient (Wildman–Crippen LogP) is 3.65. The van der Waals surface area contributed by atoms with Crippen molar-refractivity contribution in [3.05, 3.63) is 69.9 Å². The minimum Gasteiger partial charge on any atom is -0.322 e. The first-order valence-corrected chi connectivity index (χ1v) is 8.80. The van der Waals surface area contributed by atoms with E-state index in [4.69, 9.17) is 5.26 Å². The second kappa shape index (κ2) is 8.20. The van der Waals surface area contributed by atoms with E-state index < -0.39 is 46.7 Å². The normalized spacial score (nSPS) is 15.0. The van der Waals surface area contributed by atoms with Gasteiger partial charge in [0, 0.05) is 0 Å². The molecule has 1 fully saturated rings. The van der Waals surface area contributed by atoms with Crippen molar-refractivity contribution in [2.24, 2.45) is 0 Å². The second-order valence-electron chi connectivity index (χ2n) is 5.77. The number of halogens is 3. The molecular weight excluding hydrogens is 407 g/mol. The molecular formula is C19H10F3N3O3S. The highest BCUT2D eigenvalue weighted by Crippen LogP contribution is 2.32. The number of carbonyl (C=O) groups excluding carboxylic acids is 3. The molecule has 0 spiro atoms. The Morgan fingerprint density at radius 2 is 1.79 bits per heavy atom. The molecule has 1 heterocycles. The van der Waals surface area contributed by atoms with Crippen molar-refractivity contribution in [1.29, 1.82) is 5.26 Å². The van der Waals surface area contributed by atoms with Gasteiger partial charge in [-0.2, -0.15) is 5.26 Å². The molecule has 0 saturated carbocycles. The molecule has 29 heavy (non-hydrogen) atoms. The number of hydrogen-bond acceptors (Lipinski definition) is 5. The molecule has 0 atom stereocenters. The van der Waals surface area contributed by atoms with Gasteiger partial charge in [0.2, 0.25) is 5.91 Å². The average molecular weight is 417 g/mol. The number of nitrogens with one attached hydrogen (secondary N) is 1. The molecule has 10 heteroatoms. The Morgan fingerprint density at radius 1 is 1.10 bits per heavy atom. The zero-order valence-electron chi connectivity index (χ0n) is 14.4. The van der Waals surface area contributed by atoms with Gasteiger partial charge in [-0.3, -0.25) is 19.3 Å². The molecule has 1 saturated heterocycles. The Balaban J connectivity index is 1.71. The first-order valence-electron chi connectivity index (χ1n) is 7.99. The van der Waals surface area contributed by atoms with Crippen LogP contribution in [0.3, 0.4) is 0 Å². The number of amides is 3. The van der Waals surface area contributed by atoms with E-state index >= 15 is 0 Å². The summed E-state index contributed by atoms with van der Waals surface area (Å²) in [6, 6.07) is 9.67. The van der Waals surface area contributed by atoms with Crippen LogP contribution in [0.15, 0.2) is 41.3 Å². The van der Waals surface area contributed by atoms with Gasteiger partial charge in [-0.15, -0.1) is 0 Å². The first-order chi connectivity index (χ1) is 13.8. The van der Waals surface area contributed by atoms with E-state index in [0.717, 1.165) is 6.07 Å². The Kier molecular flexibility index (Phi) is 5.70. The highest BCUT2D eigenvalue weighted by Gasteiger charge is 2.36. The van der Waals surface area contributed by atoms with Gasteiger partial charge in [0.15, 0.2) is 17.5 Å². The largest absolute Gasteiger partial charge is 0.322 e. The summed E-state index contributed by atoms with van der Waals surface area (Å²) in [6.07, 6.45) is 1.43. The summed E-state index contributed by atoms with van der Waals surface area (Å²) < 4.78 is 39.8. The van der Waals surface area contributed by atoms with Crippen LogP contribution in [0.1, 0.15) is 11.1 Å². The monoisotopic (exact) mass is 417 g/mol. The Bertz CT molecular complexity index is 1090. The van der Waals surface area contributed by atoms with E-state index in [1.165, 1.54) is 6.08 Å². The molecule has 3 amide bonds. The number of benzene rings is 2. The van der Waals surface area contributed by atoms with Crippen molar-refractivity contribution < 1.29 is 27.6 Å². The van der Waals surface area contributed by atoms with Crippen LogP contribution in [0.2, 0.25) is 0 Å². The standard InChI is InChI=1S/C19H10F3N3O3S/c20-12-5-6-13(17(22)16(12)21)24-15(26)9-25-18(27)14(29-19(25)28)7-10-1-3-11(8-23)4-2-10/h1-7H,9H2,(H,24,26)/b14-7+. The van der Waals surface area contributed by atoms with E-state index in [-0.39, 0.29) is 4.91 Å². The Hall–Kier alpha value is -3.58. The molecule has 1 N–H and O–H groups in total. The summed E-state index contributed by atoms with van der Waals surface area (Å²) >= 11 is 0.612. The van der Waals surface area contributed by atoms with Crippen LogP contribution in [0.25, 0.3) is 6.08 Å². The fraction of sp³-hybridized carbons (Fsp3) is 0.0526. The summed E-state index contributed by atoms with van der Waals surface area (Å²) in [6.45, 7) is -0.728. The summed E-state index contributed by atoms with van der Waals surface area (Å²) in [4.78, 5) is 37.2. The van der Waals surface area contributed by atoms with E-state index in [1.54, 1.807) is 24.3 Å². The van der Waals surface area contributed by atoms with Gasteiger partial charge < -0.3 is 5.32 Å². The minimum absolute atomic E-state index is 0.0616. The third-order valence-corrected chi connectivity index (χ3v) is 4.73. The number of hydrogen-bond donors (Lipinski definition) is 1. The molecule has 0 radical (unpaired) electrons. The molecule has 3 rings (SSSR count). The average Bonchev–Trinajstić information content (AvgIpc) is 2.96. The van der Waals surface area contributed by atoms with E-state index in [0.29, 0.717) is 33.9 Å². The molecule has 0 unspecified atom stereocenters. The number of nitriles is 1. The highest BCUT2D eigenvalue weighted by atomic mass is 32.2. The number of thioether (sulfide) groups is 1. The summed E-state index contributed by atoms with van der Waals surface area (Å²) in [5.74, 6) is -6.45. The number of anilines is 1. The van der Waals surface area contributed by atoms with Crippen molar-refractivity contribution in [3.63, 3.8) is 0 Å². The predicted molar refractivity (Wildman–Crippen MR) is 98.8 cm³/mol. The van der Waals surface area contributed by atoms with E-state index in [9.17, 15) is 27.6 Å². The molecule has 146 valence electrons. The van der Waals surface area contributed by atoms with Crippen LogP contribution < -0.4 is 5.32 Å². The van der Waals surface area contributed by atoms with Crippen molar-refractivity contribution in [2.75, 3.05) is 11.9 Å². The number of imide groups is 1. The van der Waals surface area contributed by atoms with Crippen LogP contribution in [0, 0.1) is 28.8 Å². The van der Waals surface area contributed by atoms with Crippen molar-refractivity contribution >= 4 is 40.6 Å². The molecule has 2 aromatic carbocycles. The number of nitrogens with zero attached hydrogens (tertiary/aromatic N) is 2. The number of carbonyl (C=O) groups is 3. The SMILES string of the molecule is N#Cc1ccc(/C=C2/SC(=O)N(CC(=O)Nc3ccc(F)c(F)c3F)C2=O)cc1. The lowest BCUT2D eigenvalue weighted by Gasteiger charge is -2.13. The fourth-order valence-electron chi connectivity index (χ4n) is 2.40. The maximum Gasteiger partial charge on any atom is 0.294 e. The van der Waals surface area contributed by atoms with Gasteiger partial charge in [0.25, 0.3) is 11.1 Å². The maximum absolute atomic E-state index is 13.6. The second-order valence-corrected chi connectivity index (χ2v) is 6.77. The van der Waals surface area contributed by atoms with E-state index in [2.05, 4.69) is 0 Å². The zero-order chi connectivity index (χ0) is 21.1. The summed E-state index contributed by atoms with van der Waals surface area (Å²) in [5, 5.41) is 10.1. The molecule has 1 aliphatic rings. The van der Waals surface area contributed by atoms with Gasteiger partial charge in [-0.05, 0) is 47.7 Å². The van der Waals surface area contributed by atoms with Crippen LogP contribution in [0.5, 0.6) is 0 Å². The van der Waals surface area contributed by atoms with Crippen molar-refractivity contribution in [2.45, 2.75) is 0 Å². The Labute approximate surface area is 166 Å². The van der Waals surface area contributed by atoms with Crippen LogP contribution >= 0.6 is 11.8 Å². The van der Waals surface area contributed by atoms with E-state index in [1.807, 2.05) is 11.4 Å². The van der Waals surface area contributed by atoms with Crippen LogP contribution in [-0.2, 0) is 9.59 Å². The van der Waals surface area contributed by atoms with Gasteiger partial charge in [-0.1, -0.05) is 12.1 Å². The van der Waals surface area contributed by atoms with Gasteiger partial charge in [0.1, 0.15) is 6.54 Å². The maximum atomic E-state index is 13.6. The van der Waals surface area contributed by atoms with Crippen molar-refractivity contribution in [3.8, 4) is 6.07 Å². The molecule has 1 aliphatic heterocycles. The molecule has 0 aromatic heterocycles.